The first kappa shape index (κ1) is 9.64. The van der Waals surface area contributed by atoms with E-state index in [1.807, 2.05) is 0 Å². The lowest BCUT2D eigenvalue weighted by atomic mass is 10.2. The molecule has 2 heterocycles. The molecule has 4 nitrogen and oxygen atoms in total. The van der Waals surface area contributed by atoms with E-state index < -0.39 is 11.8 Å². The Balaban J connectivity index is 2.52. The quantitative estimate of drug-likeness (QED) is 0.705. The highest BCUT2D eigenvalue weighted by atomic mass is 19.1. The van der Waals surface area contributed by atoms with E-state index in [1.54, 1.807) is 6.92 Å². The van der Waals surface area contributed by atoms with Crippen molar-refractivity contribution in [3.63, 3.8) is 0 Å². The van der Waals surface area contributed by atoms with Gasteiger partial charge in [0.2, 0.25) is 0 Å². The van der Waals surface area contributed by atoms with Gasteiger partial charge in [0.25, 0.3) is 0 Å². The van der Waals surface area contributed by atoms with Crippen molar-refractivity contribution in [3.05, 3.63) is 35.9 Å². The minimum Gasteiger partial charge on any atom is -0.462 e. The van der Waals surface area contributed by atoms with Crippen LogP contribution >= 0.6 is 0 Å². The van der Waals surface area contributed by atoms with E-state index in [1.165, 1.54) is 29.0 Å². The van der Waals surface area contributed by atoms with Crippen molar-refractivity contribution >= 4 is 11.5 Å². The van der Waals surface area contributed by atoms with Crippen molar-refractivity contribution in [1.82, 2.24) is 9.61 Å². The lowest BCUT2D eigenvalue weighted by molar-refractivity contribution is 0.0528. The van der Waals surface area contributed by atoms with Crippen LogP contribution < -0.4 is 0 Å². The molecule has 15 heavy (non-hydrogen) atoms. The number of carbonyl (C=O) groups is 1. The Labute approximate surface area is 85.3 Å². The Morgan fingerprint density at radius 3 is 3.20 bits per heavy atom. The maximum absolute atomic E-state index is 13.0. The summed E-state index contributed by atoms with van der Waals surface area (Å²) < 4.78 is 19.2. The SMILES string of the molecule is CCOC(=O)c1cnn2ccc(F)cc12. The summed E-state index contributed by atoms with van der Waals surface area (Å²) in [7, 11) is 0. The predicted molar refractivity (Wildman–Crippen MR) is 51.1 cm³/mol. The normalized spacial score (nSPS) is 10.5. The zero-order chi connectivity index (χ0) is 10.8. The van der Waals surface area contributed by atoms with Crippen LogP contribution in [-0.2, 0) is 4.74 Å². The second-order valence-corrected chi connectivity index (χ2v) is 2.95. The van der Waals surface area contributed by atoms with Crippen LogP contribution in [0.4, 0.5) is 4.39 Å². The van der Waals surface area contributed by atoms with E-state index in [0.29, 0.717) is 5.52 Å². The zero-order valence-electron chi connectivity index (χ0n) is 8.11. The number of halogens is 1. The van der Waals surface area contributed by atoms with Crippen LogP contribution in [0, 0.1) is 5.82 Å². The van der Waals surface area contributed by atoms with Crippen LogP contribution in [0.15, 0.2) is 24.5 Å². The average Bonchev–Trinajstić information content (AvgIpc) is 2.60. The predicted octanol–water partition coefficient (Wildman–Crippen LogP) is 1.65. The maximum Gasteiger partial charge on any atom is 0.341 e. The summed E-state index contributed by atoms with van der Waals surface area (Å²) in [6.07, 6.45) is 2.82. The van der Waals surface area contributed by atoms with E-state index >= 15 is 0 Å². The first-order valence-corrected chi connectivity index (χ1v) is 4.52. The molecule has 0 bridgehead atoms. The summed E-state index contributed by atoms with van der Waals surface area (Å²) in [6.45, 7) is 2.00. The molecule has 0 saturated heterocycles. The average molecular weight is 208 g/mol. The van der Waals surface area contributed by atoms with Gasteiger partial charge in [-0.05, 0) is 13.0 Å². The molecule has 0 aromatic carbocycles. The van der Waals surface area contributed by atoms with Gasteiger partial charge in [0.1, 0.15) is 11.4 Å². The summed E-state index contributed by atoms with van der Waals surface area (Å²) in [5.41, 5.74) is 0.685. The largest absolute Gasteiger partial charge is 0.462 e. The lowest BCUT2D eigenvalue weighted by Gasteiger charge is -1.99. The van der Waals surface area contributed by atoms with Crippen molar-refractivity contribution in [2.45, 2.75) is 6.92 Å². The number of nitrogens with zero attached hydrogens (tertiary/aromatic N) is 2. The first-order chi connectivity index (χ1) is 7.22. The van der Waals surface area contributed by atoms with Gasteiger partial charge in [0.15, 0.2) is 0 Å². The number of fused-ring (bicyclic) bond motifs is 1. The highest BCUT2D eigenvalue weighted by Crippen LogP contribution is 2.12. The van der Waals surface area contributed by atoms with Crippen molar-refractivity contribution < 1.29 is 13.9 Å². The second-order valence-electron chi connectivity index (χ2n) is 2.95. The molecule has 0 spiro atoms. The standard InChI is InChI=1S/C10H9FN2O2/c1-2-15-10(14)8-6-12-13-4-3-7(11)5-9(8)13/h3-6H,2H2,1H3. The molecule has 0 aliphatic rings. The first-order valence-electron chi connectivity index (χ1n) is 4.52. The molecule has 0 aliphatic heterocycles. The summed E-state index contributed by atoms with van der Waals surface area (Å²) in [6, 6.07) is 2.52. The Morgan fingerprint density at radius 2 is 2.47 bits per heavy atom. The van der Waals surface area contributed by atoms with Crippen LogP contribution in [-0.4, -0.2) is 22.2 Å². The van der Waals surface area contributed by atoms with Crippen LogP contribution in [0.2, 0.25) is 0 Å². The van der Waals surface area contributed by atoms with Gasteiger partial charge in [0.05, 0.1) is 18.3 Å². The summed E-state index contributed by atoms with van der Waals surface area (Å²) >= 11 is 0. The summed E-state index contributed by atoms with van der Waals surface area (Å²) in [5.74, 6) is -0.897. The molecule has 0 unspecified atom stereocenters. The molecule has 78 valence electrons. The van der Waals surface area contributed by atoms with Crippen molar-refractivity contribution in [1.29, 1.82) is 0 Å². The van der Waals surface area contributed by atoms with Crippen LogP contribution in [0.25, 0.3) is 5.52 Å². The smallest absolute Gasteiger partial charge is 0.341 e. The van der Waals surface area contributed by atoms with Crippen molar-refractivity contribution in [2.75, 3.05) is 6.61 Å². The Morgan fingerprint density at radius 1 is 1.67 bits per heavy atom. The fourth-order valence-corrected chi connectivity index (χ4v) is 1.32. The number of pyridine rings is 1. The summed E-state index contributed by atoms with van der Waals surface area (Å²) in [4.78, 5) is 11.4. The molecule has 2 aromatic heterocycles. The van der Waals surface area contributed by atoms with Gasteiger partial charge in [-0.25, -0.2) is 13.7 Å². The third-order valence-electron chi connectivity index (χ3n) is 1.98. The lowest BCUT2D eigenvalue weighted by Crippen LogP contribution is -2.04. The molecule has 0 radical (unpaired) electrons. The number of esters is 1. The van der Waals surface area contributed by atoms with E-state index in [4.69, 9.17) is 4.74 Å². The van der Waals surface area contributed by atoms with E-state index in [-0.39, 0.29) is 12.2 Å². The number of aromatic nitrogens is 2. The third kappa shape index (κ3) is 1.68. The zero-order valence-corrected chi connectivity index (χ0v) is 8.11. The third-order valence-corrected chi connectivity index (χ3v) is 1.98. The molecule has 5 heteroatoms. The van der Waals surface area contributed by atoms with Crippen LogP contribution in [0.1, 0.15) is 17.3 Å². The number of rotatable bonds is 2. The Hall–Kier alpha value is -1.91. The van der Waals surface area contributed by atoms with E-state index in [2.05, 4.69) is 5.10 Å². The van der Waals surface area contributed by atoms with E-state index in [9.17, 15) is 9.18 Å². The van der Waals surface area contributed by atoms with Gasteiger partial charge in [-0.1, -0.05) is 0 Å². The number of carbonyl (C=O) groups excluding carboxylic acids is 1. The molecule has 0 amide bonds. The minimum atomic E-state index is -0.488. The van der Waals surface area contributed by atoms with Gasteiger partial charge in [-0.3, -0.25) is 0 Å². The van der Waals surface area contributed by atoms with Gasteiger partial charge >= 0.3 is 5.97 Å². The Bertz CT molecular complexity index is 507. The fourth-order valence-electron chi connectivity index (χ4n) is 1.32. The minimum absolute atomic E-state index is 0.274. The highest BCUT2D eigenvalue weighted by molar-refractivity contribution is 5.96. The monoisotopic (exact) mass is 208 g/mol. The van der Waals surface area contributed by atoms with Crippen LogP contribution in [0.3, 0.4) is 0 Å². The number of ether oxygens (including phenoxy) is 1. The van der Waals surface area contributed by atoms with Gasteiger partial charge < -0.3 is 4.74 Å². The second kappa shape index (κ2) is 3.68. The number of hydrogen-bond donors (Lipinski definition) is 0. The summed E-state index contributed by atoms with van der Waals surface area (Å²) in [5, 5.41) is 3.91. The van der Waals surface area contributed by atoms with Gasteiger partial charge in [-0.2, -0.15) is 5.10 Å². The molecule has 0 fully saturated rings. The molecule has 0 atom stereocenters. The fraction of sp³-hybridized carbons (Fsp3) is 0.200. The topological polar surface area (TPSA) is 43.6 Å². The van der Waals surface area contributed by atoms with Gasteiger partial charge in [-0.15, -0.1) is 0 Å². The molecule has 0 N–H and O–H groups in total. The molecule has 2 aromatic rings. The molecular formula is C10H9FN2O2. The van der Waals surface area contributed by atoms with E-state index in [0.717, 1.165) is 0 Å². The Kier molecular flexibility index (Phi) is 2.37. The number of hydrogen-bond acceptors (Lipinski definition) is 3. The van der Waals surface area contributed by atoms with Crippen LogP contribution in [0.5, 0.6) is 0 Å². The molecule has 0 aliphatic carbocycles. The molecular weight excluding hydrogens is 199 g/mol. The van der Waals surface area contributed by atoms with Gasteiger partial charge in [0, 0.05) is 12.3 Å². The highest BCUT2D eigenvalue weighted by Gasteiger charge is 2.13. The molecule has 0 saturated carbocycles. The van der Waals surface area contributed by atoms with Crippen molar-refractivity contribution in [3.8, 4) is 0 Å². The maximum atomic E-state index is 13.0. The molecule has 2 rings (SSSR count). The van der Waals surface area contributed by atoms with Crippen molar-refractivity contribution in [2.24, 2.45) is 0 Å².